The minimum atomic E-state index is -1.28. The quantitative estimate of drug-likeness (QED) is 0.0316. The van der Waals surface area contributed by atoms with Gasteiger partial charge in [0, 0.05) is 0 Å². The molecule has 0 bridgehead atoms. The average Bonchev–Trinajstić information content (AvgIpc) is 3.16. The number of hydrogen-bond acceptors (Lipinski definition) is 5. The van der Waals surface area contributed by atoms with Crippen molar-refractivity contribution in [2.45, 2.75) is 250 Å². The van der Waals surface area contributed by atoms with E-state index in [0.29, 0.717) is 19.3 Å². The fourth-order valence-corrected chi connectivity index (χ4v) is 6.89. The molecule has 0 rings (SSSR count). The molecule has 0 fully saturated rings. The molecular weight excluding hydrogens is 659 g/mol. The van der Waals surface area contributed by atoms with Crippen LogP contribution >= 0.6 is 0 Å². The maximum atomic E-state index is 12.4. The normalized spacial score (nSPS) is 14.5. The predicted octanol–water partition coefficient (Wildman–Crippen LogP) is 12.1. The molecule has 0 aliphatic heterocycles. The lowest BCUT2D eigenvalue weighted by atomic mass is 10.00. The summed E-state index contributed by atoms with van der Waals surface area (Å²) in [4.78, 5) is 12.4. The molecule has 53 heavy (non-hydrogen) atoms. The van der Waals surface area contributed by atoms with Crippen molar-refractivity contribution < 1.29 is 25.2 Å². The summed E-state index contributed by atoms with van der Waals surface area (Å²) in [5.74, 6) is -0.598. The first-order chi connectivity index (χ1) is 26.0. The van der Waals surface area contributed by atoms with E-state index in [0.717, 1.165) is 44.9 Å². The number of allylic oxidation sites excluding steroid dienone is 6. The largest absolute Gasteiger partial charge is 0.394 e. The lowest BCUT2D eigenvalue weighted by molar-refractivity contribution is -0.132. The third kappa shape index (κ3) is 36.0. The fourth-order valence-electron chi connectivity index (χ4n) is 6.89. The molecule has 4 atom stereocenters. The molecule has 0 aliphatic carbocycles. The summed E-state index contributed by atoms with van der Waals surface area (Å²) in [5.41, 5.74) is 0. The van der Waals surface area contributed by atoms with Crippen LogP contribution in [0.5, 0.6) is 0 Å². The van der Waals surface area contributed by atoms with Crippen molar-refractivity contribution in [1.29, 1.82) is 0 Å². The summed E-state index contributed by atoms with van der Waals surface area (Å²) >= 11 is 0. The van der Waals surface area contributed by atoms with Crippen molar-refractivity contribution in [3.63, 3.8) is 0 Å². The molecule has 0 heterocycles. The van der Waals surface area contributed by atoms with Crippen LogP contribution in [0.25, 0.3) is 0 Å². The molecule has 0 aromatic rings. The second kappa shape index (κ2) is 41.7. The second-order valence-electron chi connectivity index (χ2n) is 15.7. The van der Waals surface area contributed by atoms with Crippen LogP contribution in [0.2, 0.25) is 0 Å². The van der Waals surface area contributed by atoms with E-state index in [1.54, 1.807) is 0 Å². The zero-order valence-corrected chi connectivity index (χ0v) is 35.0. The van der Waals surface area contributed by atoms with E-state index < -0.39 is 36.9 Å². The molecule has 5 N–H and O–H groups in total. The number of nitrogens with one attached hydrogen (secondary N) is 1. The molecule has 0 aliphatic rings. The van der Waals surface area contributed by atoms with E-state index in [1.807, 2.05) is 0 Å². The van der Waals surface area contributed by atoms with Gasteiger partial charge < -0.3 is 25.7 Å². The fraction of sp³-hybridized carbons (Fsp3) is 0.851. The molecule has 0 spiro atoms. The van der Waals surface area contributed by atoms with Crippen LogP contribution in [0.15, 0.2) is 36.5 Å². The minimum Gasteiger partial charge on any atom is -0.394 e. The van der Waals surface area contributed by atoms with Gasteiger partial charge in [-0.25, -0.2) is 0 Å². The van der Waals surface area contributed by atoms with Crippen molar-refractivity contribution in [2.75, 3.05) is 6.61 Å². The van der Waals surface area contributed by atoms with Crippen LogP contribution in [0.4, 0.5) is 0 Å². The van der Waals surface area contributed by atoms with Gasteiger partial charge in [0.2, 0.25) is 5.91 Å². The van der Waals surface area contributed by atoms with Gasteiger partial charge >= 0.3 is 0 Å². The number of aliphatic hydroxyl groups is 4. The highest BCUT2D eigenvalue weighted by molar-refractivity contribution is 5.80. The Morgan fingerprint density at radius 3 is 1.30 bits per heavy atom. The van der Waals surface area contributed by atoms with Crippen molar-refractivity contribution in [3.05, 3.63) is 36.5 Å². The monoisotopic (exact) mass is 748 g/mol. The molecule has 0 aromatic heterocycles. The number of hydrogen-bond donors (Lipinski definition) is 5. The summed E-state index contributed by atoms with van der Waals surface area (Å²) in [6.45, 7) is 3.95. The van der Waals surface area contributed by atoms with Gasteiger partial charge in [-0.2, -0.15) is 0 Å². The predicted molar refractivity (Wildman–Crippen MR) is 228 cm³/mol. The first kappa shape index (κ1) is 51.5. The molecule has 6 heteroatoms. The third-order valence-corrected chi connectivity index (χ3v) is 10.6. The Kier molecular flexibility index (Phi) is 40.5. The standard InChI is InChI=1S/C47H89NO5/c1-3-5-7-9-11-12-13-14-15-16-17-18-19-20-21-22-23-24-25-26-27-28-29-30-31-32-33-35-37-39-41-45(51)47(53)48-43(42-49)46(52)44(50)40-38-36-34-10-8-6-4-2/h10,17-18,20-21,34,43-46,49-52H,3-9,11-16,19,22-33,35-42H2,1-2H3,(H,48,53)/b18-17-,21-20-,34-10+. The summed E-state index contributed by atoms with van der Waals surface area (Å²) in [7, 11) is 0. The lowest BCUT2D eigenvalue weighted by Crippen LogP contribution is -2.53. The molecular formula is C47H89NO5. The molecule has 6 nitrogen and oxygen atoms in total. The van der Waals surface area contributed by atoms with Crippen molar-refractivity contribution >= 4 is 5.91 Å². The minimum absolute atomic E-state index is 0.362. The number of unbranched alkanes of at least 4 members (excludes halogenated alkanes) is 26. The van der Waals surface area contributed by atoms with Gasteiger partial charge in [-0.1, -0.05) is 198 Å². The van der Waals surface area contributed by atoms with Crippen LogP contribution in [0.1, 0.15) is 226 Å². The van der Waals surface area contributed by atoms with Crippen LogP contribution < -0.4 is 5.32 Å². The van der Waals surface area contributed by atoms with E-state index in [2.05, 4.69) is 55.6 Å². The first-order valence-corrected chi connectivity index (χ1v) is 22.9. The van der Waals surface area contributed by atoms with Gasteiger partial charge in [0.1, 0.15) is 12.2 Å². The van der Waals surface area contributed by atoms with Crippen LogP contribution in [0, 0.1) is 0 Å². The Bertz CT molecular complexity index is 843. The maximum Gasteiger partial charge on any atom is 0.249 e. The molecule has 0 aromatic carbocycles. The van der Waals surface area contributed by atoms with Gasteiger partial charge in [0.25, 0.3) is 0 Å². The molecule has 4 unspecified atom stereocenters. The van der Waals surface area contributed by atoms with Crippen molar-refractivity contribution in [1.82, 2.24) is 5.32 Å². The smallest absolute Gasteiger partial charge is 0.249 e. The highest BCUT2D eigenvalue weighted by Gasteiger charge is 2.28. The zero-order chi connectivity index (χ0) is 38.9. The van der Waals surface area contributed by atoms with Gasteiger partial charge in [0.15, 0.2) is 0 Å². The van der Waals surface area contributed by atoms with Gasteiger partial charge in [-0.15, -0.1) is 0 Å². The highest BCUT2D eigenvalue weighted by atomic mass is 16.3. The number of rotatable bonds is 41. The highest BCUT2D eigenvalue weighted by Crippen LogP contribution is 2.16. The number of carbonyl (C=O) groups is 1. The molecule has 312 valence electrons. The van der Waals surface area contributed by atoms with E-state index in [-0.39, 0.29) is 0 Å². The topological polar surface area (TPSA) is 110 Å². The Balaban J connectivity index is 3.57. The van der Waals surface area contributed by atoms with E-state index in [1.165, 1.54) is 148 Å². The number of carbonyl (C=O) groups excluding carboxylic acids is 1. The average molecular weight is 748 g/mol. The van der Waals surface area contributed by atoms with Gasteiger partial charge in [0.05, 0.1) is 18.8 Å². The summed E-state index contributed by atoms with van der Waals surface area (Å²) in [6, 6.07) is -0.999. The number of amides is 1. The third-order valence-electron chi connectivity index (χ3n) is 10.6. The van der Waals surface area contributed by atoms with Crippen LogP contribution in [-0.2, 0) is 4.79 Å². The molecule has 0 saturated carbocycles. The zero-order valence-electron chi connectivity index (χ0n) is 35.0. The van der Waals surface area contributed by atoms with Gasteiger partial charge in [-0.05, 0) is 64.2 Å². The Morgan fingerprint density at radius 1 is 0.472 bits per heavy atom. The Labute approximate surface area is 328 Å². The van der Waals surface area contributed by atoms with Crippen molar-refractivity contribution in [3.8, 4) is 0 Å². The van der Waals surface area contributed by atoms with E-state index >= 15 is 0 Å². The van der Waals surface area contributed by atoms with E-state index in [4.69, 9.17) is 0 Å². The SMILES string of the molecule is CCCC/C=C/CCCC(O)C(O)C(CO)NC(=O)C(O)CCCCCCCCCCCCCCCC/C=C\C/C=C\CCCCCCCCCCC. The van der Waals surface area contributed by atoms with Crippen molar-refractivity contribution in [2.24, 2.45) is 0 Å². The first-order valence-electron chi connectivity index (χ1n) is 22.9. The maximum absolute atomic E-state index is 12.4. The lowest BCUT2D eigenvalue weighted by Gasteiger charge is -2.27. The summed E-state index contributed by atoms with van der Waals surface area (Å²) in [6.07, 6.45) is 49.4. The molecule has 0 saturated heterocycles. The van der Waals surface area contributed by atoms with Gasteiger partial charge in [-0.3, -0.25) is 4.79 Å². The van der Waals surface area contributed by atoms with E-state index in [9.17, 15) is 25.2 Å². The Hall–Kier alpha value is -1.47. The molecule has 0 radical (unpaired) electrons. The van der Waals surface area contributed by atoms with Crippen LogP contribution in [0.3, 0.4) is 0 Å². The van der Waals surface area contributed by atoms with Crippen LogP contribution in [-0.4, -0.2) is 57.3 Å². The molecule has 1 amide bonds. The summed E-state index contributed by atoms with van der Waals surface area (Å²) in [5, 5.41) is 43.3. The summed E-state index contributed by atoms with van der Waals surface area (Å²) < 4.78 is 0. The number of aliphatic hydroxyl groups excluding tert-OH is 4. The second-order valence-corrected chi connectivity index (χ2v) is 15.7. The Morgan fingerprint density at radius 2 is 0.849 bits per heavy atom.